The molecule has 0 unspecified atom stereocenters. The quantitative estimate of drug-likeness (QED) is 0.179. The Balaban J connectivity index is 1.19. The van der Waals surface area contributed by atoms with Crippen LogP contribution in [-0.4, -0.2) is 23.5 Å². The molecule has 0 radical (unpaired) electrons. The number of nitrogens with zero attached hydrogens (tertiary/aromatic N) is 5. The van der Waals surface area contributed by atoms with E-state index in [1.54, 1.807) is 11.3 Å². The summed E-state index contributed by atoms with van der Waals surface area (Å²) < 4.78 is 9.45. The van der Waals surface area contributed by atoms with Crippen LogP contribution in [0.3, 0.4) is 0 Å². The molecule has 0 spiro atoms. The summed E-state index contributed by atoms with van der Waals surface area (Å²) >= 11 is 1.77. The first-order chi connectivity index (χ1) is 30.1. The molecule has 0 aliphatic carbocycles. The van der Waals surface area contributed by atoms with E-state index in [2.05, 4.69) is 197 Å². The van der Waals surface area contributed by atoms with Gasteiger partial charge in [-0.2, -0.15) is 4.98 Å². The van der Waals surface area contributed by atoms with Gasteiger partial charge in [0.2, 0.25) is 5.95 Å². The smallest absolute Gasteiger partial charge is 0.237 e. The van der Waals surface area contributed by atoms with Gasteiger partial charge in [0.15, 0.2) is 5.82 Å². The molecule has 6 aromatic heterocycles. The van der Waals surface area contributed by atoms with E-state index in [1.165, 1.54) is 69.8 Å². The van der Waals surface area contributed by atoms with E-state index in [0.29, 0.717) is 5.95 Å². The number of aryl methyl sites for hydroxylation is 1. The Morgan fingerprint density at radius 1 is 0.525 bits per heavy atom. The normalized spacial score (nSPS) is 12.8. The lowest BCUT2D eigenvalue weighted by Crippen LogP contribution is -2.22. The van der Waals surface area contributed by atoms with E-state index >= 15 is 0 Å². The number of rotatable bonds is 3. The molecule has 0 fully saturated rings. The Kier molecular flexibility index (Phi) is 6.46. The summed E-state index contributed by atoms with van der Waals surface area (Å²) in [5, 5.41) is 14.2. The average Bonchev–Trinajstić information content (AvgIpc) is 4.09. The minimum absolute atomic E-state index is 0.649. The highest BCUT2D eigenvalue weighted by molar-refractivity contribution is 7.26. The van der Waals surface area contributed by atoms with Gasteiger partial charge < -0.3 is 4.40 Å². The van der Waals surface area contributed by atoms with E-state index in [9.17, 15) is 0 Å². The first kappa shape index (κ1) is 33.1. The number of para-hydroxylation sites is 3. The Bertz CT molecular complexity index is 4330. The third-order valence-electron chi connectivity index (χ3n) is 13.1. The molecule has 0 atom stereocenters. The van der Waals surface area contributed by atoms with Crippen molar-refractivity contribution in [1.82, 2.24) is 23.5 Å². The van der Waals surface area contributed by atoms with Crippen LogP contribution in [0.4, 0.5) is 0 Å². The fourth-order valence-corrected chi connectivity index (χ4v) is 11.6. The van der Waals surface area contributed by atoms with Crippen molar-refractivity contribution in [3.05, 3.63) is 185 Å². The van der Waals surface area contributed by atoms with Crippen LogP contribution in [0.5, 0.6) is 0 Å². The summed E-state index contributed by atoms with van der Waals surface area (Å²) in [4.78, 5) is 11.4. The molecule has 0 aliphatic heterocycles. The first-order valence-electron chi connectivity index (χ1n) is 20.7. The molecular formula is C55H33N5S. The minimum atomic E-state index is 0.649. The van der Waals surface area contributed by atoms with Gasteiger partial charge in [0.05, 0.1) is 49.0 Å². The molecule has 0 N–H and O–H groups in total. The van der Waals surface area contributed by atoms with Crippen LogP contribution in [0.15, 0.2) is 164 Å². The van der Waals surface area contributed by atoms with Crippen molar-refractivity contribution in [2.24, 2.45) is 0 Å². The third kappa shape index (κ3) is 4.29. The second-order valence-electron chi connectivity index (χ2n) is 16.3. The molecule has 284 valence electrons. The highest BCUT2D eigenvalue weighted by Gasteiger charge is 2.28. The van der Waals surface area contributed by atoms with Gasteiger partial charge in [-0.3, -0.25) is 9.13 Å². The van der Waals surface area contributed by atoms with E-state index in [1.807, 2.05) is 0 Å². The van der Waals surface area contributed by atoms with Crippen LogP contribution in [0, 0.1) is 6.92 Å². The number of hydrogen-bond acceptors (Lipinski definition) is 3. The molecule has 14 rings (SSSR count). The second kappa shape index (κ2) is 11.9. The van der Waals surface area contributed by atoms with Gasteiger partial charge in [-0.1, -0.05) is 134 Å². The fourth-order valence-electron chi connectivity index (χ4n) is 10.5. The maximum absolute atomic E-state index is 5.79. The van der Waals surface area contributed by atoms with Gasteiger partial charge in [0.1, 0.15) is 0 Å². The summed E-state index contributed by atoms with van der Waals surface area (Å²) in [5.41, 5.74) is 10.1. The maximum Gasteiger partial charge on any atom is 0.237 e. The predicted molar refractivity (Wildman–Crippen MR) is 258 cm³/mol. The highest BCUT2D eigenvalue weighted by atomic mass is 32.1. The van der Waals surface area contributed by atoms with E-state index in [0.717, 1.165) is 59.6 Å². The zero-order chi connectivity index (χ0) is 40.1. The zero-order valence-corrected chi connectivity index (χ0v) is 33.8. The molecule has 0 saturated heterocycles. The minimum Gasteiger partial charge on any atom is -0.308 e. The van der Waals surface area contributed by atoms with Gasteiger partial charge in [0.25, 0.3) is 0 Å². The van der Waals surface area contributed by atoms with Crippen molar-refractivity contribution < 1.29 is 0 Å². The first-order valence-corrected chi connectivity index (χ1v) is 21.5. The van der Waals surface area contributed by atoms with Crippen LogP contribution in [0.2, 0.25) is 0 Å². The lowest BCUT2D eigenvalue weighted by molar-refractivity contribution is 0.978. The molecule has 0 saturated carbocycles. The maximum atomic E-state index is 5.79. The van der Waals surface area contributed by atoms with Gasteiger partial charge in [-0.05, 0) is 76.2 Å². The molecule has 6 heteroatoms. The predicted octanol–water partition coefficient (Wildman–Crippen LogP) is 12.7. The van der Waals surface area contributed by atoms with Crippen molar-refractivity contribution in [1.29, 1.82) is 0 Å². The molecule has 5 nitrogen and oxygen atoms in total. The van der Waals surface area contributed by atoms with Crippen LogP contribution in [0.25, 0.3) is 126 Å². The third-order valence-corrected chi connectivity index (χ3v) is 14.3. The molecule has 6 heterocycles. The molecule has 61 heavy (non-hydrogen) atoms. The summed E-state index contributed by atoms with van der Waals surface area (Å²) in [6.45, 7) is 6.68. The van der Waals surface area contributed by atoms with Crippen LogP contribution < -0.4 is 10.4 Å². The van der Waals surface area contributed by atoms with Crippen molar-refractivity contribution in [3.8, 4) is 11.8 Å². The van der Waals surface area contributed by atoms with Gasteiger partial charge in [-0.15, -0.1) is 11.3 Å². The summed E-state index contributed by atoms with van der Waals surface area (Å²) in [6.07, 6.45) is 2.31. The van der Waals surface area contributed by atoms with Crippen molar-refractivity contribution in [2.75, 3.05) is 0 Å². The van der Waals surface area contributed by atoms with E-state index in [4.69, 9.17) is 9.97 Å². The zero-order valence-electron chi connectivity index (χ0n) is 33.0. The van der Waals surface area contributed by atoms with E-state index < -0.39 is 0 Å². The summed E-state index contributed by atoms with van der Waals surface area (Å²) in [7, 11) is 0. The van der Waals surface area contributed by atoms with Crippen molar-refractivity contribution in [2.45, 2.75) is 6.92 Å². The lowest BCUT2D eigenvalue weighted by atomic mass is 10.0. The van der Waals surface area contributed by atoms with Gasteiger partial charge in [0, 0.05) is 47.8 Å². The molecule has 0 aliphatic rings. The number of benzene rings is 8. The average molecular weight is 796 g/mol. The molecule has 0 amide bonds. The Morgan fingerprint density at radius 2 is 1.16 bits per heavy atom. The largest absolute Gasteiger partial charge is 0.308 e. The number of hydrogen-bond donors (Lipinski definition) is 0. The summed E-state index contributed by atoms with van der Waals surface area (Å²) in [6, 6.07) is 59.0. The molecule has 0 bridgehead atoms. The van der Waals surface area contributed by atoms with Crippen molar-refractivity contribution in [3.63, 3.8) is 0 Å². The molecule has 14 aromatic rings. The standard InChI is InChI=1S/C55H33N5S/c1-31-15-3-4-17-34(31)29-46-32(2)48-51-40(36-19-7-11-23-42(36)58(46)51)30-41-37-20-8-12-24-43(37)60(52(41)48)55-56-50-39-22-10-14-26-47(39)61-53(50)54(57-55)59-44-25-13-9-21-38(44)49-35-18-6-5-16-33(35)27-28-45(49)59/h3-30H,1H2,2H3/b34-29-. The topological polar surface area (TPSA) is 40.0 Å². The van der Waals surface area contributed by atoms with Gasteiger partial charge >= 0.3 is 0 Å². The van der Waals surface area contributed by atoms with Gasteiger partial charge in [-0.25, -0.2) is 4.98 Å². The molecular weight excluding hydrogens is 763 g/mol. The molecule has 8 aromatic carbocycles. The Labute approximate surface area is 351 Å². The SMILES string of the molecule is C=c1cccc/c1=C/c1c(C)c2c3c(cc4c5ccccc5n1c42)c1ccccc1n3-c1nc(-n2c3ccccc3c3c4ccccc4ccc32)c2sc3ccccc3c2n1. The van der Waals surface area contributed by atoms with Crippen LogP contribution in [-0.2, 0) is 0 Å². The number of fused-ring (bicyclic) bond motifs is 15. The Morgan fingerprint density at radius 3 is 1.98 bits per heavy atom. The van der Waals surface area contributed by atoms with E-state index in [-0.39, 0.29) is 0 Å². The lowest BCUT2D eigenvalue weighted by Gasteiger charge is -2.13. The number of thiophene rings is 1. The van der Waals surface area contributed by atoms with Crippen molar-refractivity contribution >= 4 is 126 Å². The Hall–Kier alpha value is -7.80. The van der Waals surface area contributed by atoms with Crippen LogP contribution >= 0.6 is 11.3 Å². The fraction of sp³-hybridized carbons (Fsp3) is 0.0182. The second-order valence-corrected chi connectivity index (χ2v) is 17.3. The summed E-state index contributed by atoms with van der Waals surface area (Å²) in [5.74, 6) is 1.53. The highest BCUT2D eigenvalue weighted by Crippen LogP contribution is 2.47. The monoisotopic (exact) mass is 795 g/mol. The van der Waals surface area contributed by atoms with Crippen LogP contribution in [0.1, 0.15) is 11.3 Å². The number of aromatic nitrogens is 5.